The molecule has 2 rings (SSSR count). The molecule has 0 radical (unpaired) electrons. The lowest BCUT2D eigenvalue weighted by Gasteiger charge is -2.10. The average Bonchev–Trinajstić information content (AvgIpc) is 2.90. The van der Waals surface area contributed by atoms with Crippen LogP contribution in [0.2, 0.25) is 0 Å². The third-order valence-electron chi connectivity index (χ3n) is 6.48. The molecule has 0 fully saturated rings. The van der Waals surface area contributed by atoms with Gasteiger partial charge >= 0.3 is 5.97 Å². The van der Waals surface area contributed by atoms with E-state index in [2.05, 4.69) is 13.8 Å². The van der Waals surface area contributed by atoms with E-state index in [0.29, 0.717) is 18.8 Å². The van der Waals surface area contributed by atoms with Crippen molar-refractivity contribution in [3.05, 3.63) is 53.8 Å². The number of halogens is 1. The Morgan fingerprint density at radius 1 is 0.622 bits per heavy atom. The number of hydrogen-bond acceptors (Lipinski definition) is 4. The molecule has 0 spiro atoms. The summed E-state index contributed by atoms with van der Waals surface area (Å²) in [6.45, 7) is 5.59. The summed E-state index contributed by atoms with van der Waals surface area (Å²) in [4.78, 5) is 12.5. The molecular formula is C32H47FO4. The van der Waals surface area contributed by atoms with Gasteiger partial charge in [-0.3, -0.25) is 0 Å². The van der Waals surface area contributed by atoms with Crippen molar-refractivity contribution in [2.75, 3.05) is 13.2 Å². The summed E-state index contributed by atoms with van der Waals surface area (Å²) >= 11 is 0. The molecule has 0 heterocycles. The summed E-state index contributed by atoms with van der Waals surface area (Å²) in [7, 11) is 0. The monoisotopic (exact) mass is 514 g/mol. The highest BCUT2D eigenvalue weighted by Crippen LogP contribution is 2.24. The Labute approximate surface area is 223 Å². The minimum Gasteiger partial charge on any atom is -0.494 e. The molecule has 0 N–H and O–H groups in total. The molecule has 4 nitrogen and oxygen atoms in total. The second-order valence-electron chi connectivity index (χ2n) is 9.80. The predicted molar refractivity (Wildman–Crippen MR) is 149 cm³/mol. The van der Waals surface area contributed by atoms with E-state index in [-0.39, 0.29) is 11.5 Å². The van der Waals surface area contributed by atoms with Crippen LogP contribution < -0.4 is 14.2 Å². The van der Waals surface area contributed by atoms with Crippen LogP contribution in [-0.4, -0.2) is 19.2 Å². The molecule has 37 heavy (non-hydrogen) atoms. The van der Waals surface area contributed by atoms with Gasteiger partial charge in [-0.1, -0.05) is 97.3 Å². The molecule has 0 unspecified atom stereocenters. The van der Waals surface area contributed by atoms with Crippen LogP contribution >= 0.6 is 0 Å². The second-order valence-corrected chi connectivity index (χ2v) is 9.80. The van der Waals surface area contributed by atoms with E-state index in [1.54, 1.807) is 30.3 Å². The van der Waals surface area contributed by atoms with Crippen LogP contribution in [0.4, 0.5) is 4.39 Å². The Bertz CT molecular complexity index is 866. The quantitative estimate of drug-likeness (QED) is 0.0945. The van der Waals surface area contributed by atoms with Crippen LogP contribution in [0.5, 0.6) is 17.2 Å². The zero-order valence-corrected chi connectivity index (χ0v) is 23.1. The maximum absolute atomic E-state index is 14.4. The van der Waals surface area contributed by atoms with Gasteiger partial charge < -0.3 is 14.2 Å². The van der Waals surface area contributed by atoms with Gasteiger partial charge in [-0.05, 0) is 49.2 Å². The third-order valence-corrected chi connectivity index (χ3v) is 6.48. The Balaban J connectivity index is 1.64. The highest BCUT2D eigenvalue weighted by molar-refractivity contribution is 5.91. The van der Waals surface area contributed by atoms with Crippen LogP contribution in [0.15, 0.2) is 42.5 Å². The number of unbranched alkanes of at least 4 members (excludes halogenated alkanes) is 13. The number of esters is 1. The van der Waals surface area contributed by atoms with Crippen molar-refractivity contribution in [2.45, 2.75) is 110 Å². The van der Waals surface area contributed by atoms with Crippen molar-refractivity contribution >= 4 is 5.97 Å². The molecule has 0 aromatic heterocycles. The second kappa shape index (κ2) is 19.5. The molecule has 0 amide bonds. The van der Waals surface area contributed by atoms with Gasteiger partial charge in [-0.25, -0.2) is 9.18 Å². The SMILES string of the molecule is CCCCCCCCCCCOc1ccc(C(=O)Oc2ccc(OCCCCCCCC)c(F)c2)cc1. The Morgan fingerprint density at radius 2 is 1.11 bits per heavy atom. The van der Waals surface area contributed by atoms with E-state index in [1.165, 1.54) is 89.2 Å². The van der Waals surface area contributed by atoms with Gasteiger partial charge in [0.2, 0.25) is 0 Å². The van der Waals surface area contributed by atoms with Crippen molar-refractivity contribution in [2.24, 2.45) is 0 Å². The number of benzene rings is 2. The molecule has 206 valence electrons. The molecule has 0 aliphatic heterocycles. The lowest BCUT2D eigenvalue weighted by Crippen LogP contribution is -2.09. The molecule has 0 saturated heterocycles. The Morgan fingerprint density at radius 3 is 1.65 bits per heavy atom. The molecule has 0 saturated carbocycles. The fourth-order valence-corrected chi connectivity index (χ4v) is 4.18. The van der Waals surface area contributed by atoms with Gasteiger partial charge in [0.05, 0.1) is 18.8 Å². The maximum Gasteiger partial charge on any atom is 0.343 e. The van der Waals surface area contributed by atoms with E-state index in [0.717, 1.165) is 25.0 Å². The van der Waals surface area contributed by atoms with Crippen molar-refractivity contribution in [1.82, 2.24) is 0 Å². The summed E-state index contributed by atoms with van der Waals surface area (Å²) in [6, 6.07) is 11.1. The topological polar surface area (TPSA) is 44.8 Å². The lowest BCUT2D eigenvalue weighted by atomic mass is 10.1. The van der Waals surface area contributed by atoms with E-state index in [1.807, 2.05) is 0 Å². The molecule has 5 heteroatoms. The van der Waals surface area contributed by atoms with E-state index >= 15 is 0 Å². The summed E-state index contributed by atoms with van der Waals surface area (Å²) < 4.78 is 31.1. The number of rotatable bonds is 21. The van der Waals surface area contributed by atoms with Crippen molar-refractivity contribution in [3.63, 3.8) is 0 Å². The van der Waals surface area contributed by atoms with Gasteiger partial charge in [0.25, 0.3) is 0 Å². The normalized spacial score (nSPS) is 10.9. The molecule has 2 aromatic carbocycles. The number of hydrogen-bond donors (Lipinski definition) is 0. The predicted octanol–water partition coefficient (Wildman–Crippen LogP) is 9.69. The number of carbonyl (C=O) groups excluding carboxylic acids is 1. The summed E-state index contributed by atoms with van der Waals surface area (Å²) in [5.41, 5.74) is 0.388. The standard InChI is InChI=1S/C32H47FO4/c1-3-5-7-9-11-12-13-15-16-24-35-28-20-18-27(19-21-28)32(34)37-29-22-23-31(30(33)26-29)36-25-17-14-10-8-6-4-2/h18-23,26H,3-17,24-25H2,1-2H3. The minimum absolute atomic E-state index is 0.153. The highest BCUT2D eigenvalue weighted by Gasteiger charge is 2.12. The van der Waals surface area contributed by atoms with Gasteiger partial charge in [0.15, 0.2) is 11.6 Å². The smallest absolute Gasteiger partial charge is 0.343 e. The van der Waals surface area contributed by atoms with Crippen LogP contribution in [0.1, 0.15) is 121 Å². The van der Waals surface area contributed by atoms with Gasteiger partial charge in [-0.2, -0.15) is 0 Å². The van der Waals surface area contributed by atoms with Crippen LogP contribution in [0.25, 0.3) is 0 Å². The largest absolute Gasteiger partial charge is 0.494 e. The van der Waals surface area contributed by atoms with Crippen LogP contribution in [0, 0.1) is 5.82 Å². The van der Waals surface area contributed by atoms with Gasteiger partial charge in [0.1, 0.15) is 11.5 Å². The molecule has 2 aromatic rings. The van der Waals surface area contributed by atoms with Crippen molar-refractivity contribution in [3.8, 4) is 17.2 Å². The first-order chi connectivity index (χ1) is 18.1. The first-order valence-corrected chi connectivity index (χ1v) is 14.5. The highest BCUT2D eigenvalue weighted by atomic mass is 19.1. The number of carbonyl (C=O) groups is 1. The Hall–Kier alpha value is -2.56. The van der Waals surface area contributed by atoms with E-state index in [9.17, 15) is 9.18 Å². The van der Waals surface area contributed by atoms with Crippen LogP contribution in [-0.2, 0) is 0 Å². The van der Waals surface area contributed by atoms with Crippen LogP contribution in [0.3, 0.4) is 0 Å². The fourth-order valence-electron chi connectivity index (χ4n) is 4.18. The fraction of sp³-hybridized carbons (Fsp3) is 0.594. The number of ether oxygens (including phenoxy) is 3. The first-order valence-electron chi connectivity index (χ1n) is 14.5. The minimum atomic E-state index is -0.536. The molecule has 0 aliphatic carbocycles. The van der Waals surface area contributed by atoms with E-state index in [4.69, 9.17) is 14.2 Å². The van der Waals surface area contributed by atoms with Gasteiger partial charge in [-0.15, -0.1) is 0 Å². The lowest BCUT2D eigenvalue weighted by molar-refractivity contribution is 0.0734. The molecule has 0 aliphatic rings. The zero-order valence-electron chi connectivity index (χ0n) is 23.1. The van der Waals surface area contributed by atoms with Gasteiger partial charge in [0, 0.05) is 6.07 Å². The summed E-state index contributed by atoms with van der Waals surface area (Å²) in [5, 5.41) is 0. The Kier molecular flexibility index (Phi) is 16.2. The van der Waals surface area contributed by atoms with E-state index < -0.39 is 11.8 Å². The molecule has 0 atom stereocenters. The maximum atomic E-state index is 14.4. The summed E-state index contributed by atoms with van der Waals surface area (Å²) in [5.74, 6) is -0.00174. The average molecular weight is 515 g/mol. The molecule has 0 bridgehead atoms. The molecular weight excluding hydrogens is 467 g/mol. The zero-order chi connectivity index (χ0) is 26.6. The summed E-state index contributed by atoms with van der Waals surface area (Å²) in [6.07, 6.45) is 18.3. The van der Waals surface area contributed by atoms with Crippen molar-refractivity contribution < 1.29 is 23.4 Å². The first kappa shape index (κ1) is 30.7. The third kappa shape index (κ3) is 13.5. The van der Waals surface area contributed by atoms with Crippen molar-refractivity contribution in [1.29, 1.82) is 0 Å².